The van der Waals surface area contributed by atoms with Crippen molar-refractivity contribution in [1.29, 1.82) is 0 Å². The van der Waals surface area contributed by atoms with Gasteiger partial charge in [0.05, 0.1) is 0 Å². The first-order valence-electron chi connectivity index (χ1n) is 3.88. The third kappa shape index (κ3) is 2.84. The first-order chi connectivity index (χ1) is 5.68. The summed E-state index contributed by atoms with van der Waals surface area (Å²) < 4.78 is 12.4. The van der Waals surface area contributed by atoms with Gasteiger partial charge in [0.15, 0.2) is 0 Å². The molecule has 12 heavy (non-hydrogen) atoms. The number of halogens is 1. The second-order valence-electron chi connectivity index (χ2n) is 2.77. The number of benzene rings is 1. The number of rotatable bonds is 2. The fourth-order valence-electron chi connectivity index (χ4n) is 0.837. The van der Waals surface area contributed by atoms with Gasteiger partial charge in [-0.15, -0.1) is 0 Å². The molecule has 0 unspecified atom stereocenters. The Kier molecular flexibility index (Phi) is 3.00. The molecule has 0 saturated heterocycles. The van der Waals surface area contributed by atoms with Crippen molar-refractivity contribution in [2.75, 3.05) is 0 Å². The summed E-state index contributed by atoms with van der Waals surface area (Å²) in [6, 6.07) is 6.33. The average Bonchev–Trinajstić information content (AvgIpc) is 2.03. The molecule has 0 aliphatic carbocycles. The predicted octanol–water partition coefficient (Wildman–Crippen LogP) is 2.19. The van der Waals surface area contributed by atoms with Gasteiger partial charge in [0, 0.05) is 6.04 Å². The smallest absolute Gasteiger partial charge is 0.123 e. The number of hydrogen-bond acceptors (Lipinski definition) is 1. The molecule has 0 spiro atoms. The van der Waals surface area contributed by atoms with Gasteiger partial charge in [0.1, 0.15) is 5.82 Å². The summed E-state index contributed by atoms with van der Waals surface area (Å²) in [5, 5.41) is 0. The summed E-state index contributed by atoms with van der Waals surface area (Å²) in [5.74, 6) is -0.215. The molecule has 64 valence electrons. The average molecular weight is 165 g/mol. The van der Waals surface area contributed by atoms with E-state index >= 15 is 0 Å². The summed E-state index contributed by atoms with van der Waals surface area (Å²) in [6.07, 6.45) is 3.75. The molecule has 1 rings (SSSR count). The van der Waals surface area contributed by atoms with E-state index in [1.54, 1.807) is 12.1 Å². The zero-order valence-corrected chi connectivity index (χ0v) is 7.00. The maximum atomic E-state index is 12.4. The molecule has 0 fully saturated rings. The molecular formula is C10H12FN. The van der Waals surface area contributed by atoms with E-state index in [4.69, 9.17) is 5.73 Å². The van der Waals surface area contributed by atoms with Crippen LogP contribution in [0, 0.1) is 5.82 Å². The van der Waals surface area contributed by atoms with E-state index < -0.39 is 0 Å². The highest BCUT2D eigenvalue weighted by Crippen LogP contribution is 2.04. The third-order valence-electron chi connectivity index (χ3n) is 1.46. The Morgan fingerprint density at radius 3 is 2.42 bits per heavy atom. The van der Waals surface area contributed by atoms with Gasteiger partial charge in [-0.05, 0) is 24.6 Å². The van der Waals surface area contributed by atoms with E-state index in [0.717, 1.165) is 5.56 Å². The molecule has 0 heterocycles. The minimum absolute atomic E-state index is 0.0371. The van der Waals surface area contributed by atoms with Crippen LogP contribution in [0.25, 0.3) is 6.08 Å². The Morgan fingerprint density at radius 2 is 1.92 bits per heavy atom. The van der Waals surface area contributed by atoms with Crippen molar-refractivity contribution in [3.63, 3.8) is 0 Å². The SMILES string of the molecule is C[C@H](N)/C=C/c1ccc(F)cc1. The lowest BCUT2D eigenvalue weighted by Crippen LogP contribution is -2.09. The third-order valence-corrected chi connectivity index (χ3v) is 1.46. The van der Waals surface area contributed by atoms with Gasteiger partial charge in [-0.25, -0.2) is 4.39 Å². The minimum atomic E-state index is -0.215. The molecule has 2 N–H and O–H groups in total. The van der Waals surface area contributed by atoms with Crippen LogP contribution in [0.3, 0.4) is 0 Å². The summed E-state index contributed by atoms with van der Waals surface area (Å²) in [5.41, 5.74) is 6.48. The second kappa shape index (κ2) is 4.02. The Hall–Kier alpha value is -1.15. The largest absolute Gasteiger partial charge is 0.325 e. The van der Waals surface area contributed by atoms with Crippen molar-refractivity contribution in [1.82, 2.24) is 0 Å². The zero-order valence-electron chi connectivity index (χ0n) is 7.00. The van der Waals surface area contributed by atoms with Crippen molar-refractivity contribution in [2.45, 2.75) is 13.0 Å². The quantitative estimate of drug-likeness (QED) is 0.714. The van der Waals surface area contributed by atoms with Crippen molar-refractivity contribution < 1.29 is 4.39 Å². The molecule has 0 aromatic heterocycles. The summed E-state index contributed by atoms with van der Waals surface area (Å²) >= 11 is 0. The van der Waals surface area contributed by atoms with Crippen LogP contribution in [0.4, 0.5) is 4.39 Å². The van der Waals surface area contributed by atoms with E-state index in [1.165, 1.54) is 12.1 Å². The molecule has 0 aliphatic heterocycles. The van der Waals surface area contributed by atoms with Crippen molar-refractivity contribution in [3.05, 3.63) is 41.7 Å². The van der Waals surface area contributed by atoms with Crippen molar-refractivity contribution in [3.8, 4) is 0 Å². The van der Waals surface area contributed by atoms with Crippen LogP contribution in [-0.4, -0.2) is 6.04 Å². The monoisotopic (exact) mass is 165 g/mol. The molecule has 2 heteroatoms. The fourth-order valence-corrected chi connectivity index (χ4v) is 0.837. The molecule has 0 amide bonds. The lowest BCUT2D eigenvalue weighted by atomic mass is 10.2. The molecule has 1 aromatic carbocycles. The lowest BCUT2D eigenvalue weighted by Gasteiger charge is -1.95. The van der Waals surface area contributed by atoms with E-state index in [2.05, 4.69) is 0 Å². The van der Waals surface area contributed by atoms with Crippen molar-refractivity contribution in [2.24, 2.45) is 5.73 Å². The first kappa shape index (κ1) is 8.94. The molecule has 0 aliphatic rings. The topological polar surface area (TPSA) is 26.0 Å². The van der Waals surface area contributed by atoms with Crippen LogP contribution in [0.15, 0.2) is 30.3 Å². The predicted molar refractivity (Wildman–Crippen MR) is 49.1 cm³/mol. The molecule has 0 saturated carbocycles. The van der Waals surface area contributed by atoms with Gasteiger partial charge in [-0.2, -0.15) is 0 Å². The second-order valence-corrected chi connectivity index (χ2v) is 2.77. The van der Waals surface area contributed by atoms with E-state index in [-0.39, 0.29) is 11.9 Å². The number of nitrogens with two attached hydrogens (primary N) is 1. The molecule has 1 nitrogen and oxygen atoms in total. The van der Waals surface area contributed by atoms with E-state index in [9.17, 15) is 4.39 Å². The number of hydrogen-bond donors (Lipinski definition) is 1. The first-order valence-corrected chi connectivity index (χ1v) is 3.88. The van der Waals surface area contributed by atoms with Crippen LogP contribution in [0.5, 0.6) is 0 Å². The van der Waals surface area contributed by atoms with Gasteiger partial charge in [0.25, 0.3) is 0 Å². The van der Waals surface area contributed by atoms with Gasteiger partial charge in [0.2, 0.25) is 0 Å². The minimum Gasteiger partial charge on any atom is -0.325 e. The highest BCUT2D eigenvalue weighted by atomic mass is 19.1. The fraction of sp³-hybridized carbons (Fsp3) is 0.200. The molecular weight excluding hydrogens is 153 g/mol. The Balaban J connectivity index is 2.71. The highest BCUT2D eigenvalue weighted by molar-refractivity contribution is 5.49. The van der Waals surface area contributed by atoms with E-state index in [0.29, 0.717) is 0 Å². The van der Waals surface area contributed by atoms with E-state index in [1.807, 2.05) is 19.1 Å². The standard InChI is InChI=1S/C10H12FN/c1-8(12)2-3-9-4-6-10(11)7-5-9/h2-8H,12H2,1H3/b3-2+/t8-/m0/s1. The Bertz CT molecular complexity index is 262. The highest BCUT2D eigenvalue weighted by Gasteiger charge is 1.89. The Labute approximate surface area is 71.7 Å². The normalized spacial score (nSPS) is 13.6. The van der Waals surface area contributed by atoms with Gasteiger partial charge in [-0.1, -0.05) is 24.3 Å². The maximum Gasteiger partial charge on any atom is 0.123 e. The molecule has 0 radical (unpaired) electrons. The molecule has 1 atom stereocenters. The van der Waals surface area contributed by atoms with Crippen LogP contribution < -0.4 is 5.73 Å². The summed E-state index contributed by atoms with van der Waals surface area (Å²) in [4.78, 5) is 0. The lowest BCUT2D eigenvalue weighted by molar-refractivity contribution is 0.628. The van der Waals surface area contributed by atoms with Gasteiger partial charge >= 0.3 is 0 Å². The van der Waals surface area contributed by atoms with Crippen molar-refractivity contribution >= 4 is 6.08 Å². The summed E-state index contributed by atoms with van der Waals surface area (Å²) in [7, 11) is 0. The van der Waals surface area contributed by atoms with Crippen LogP contribution in [0.1, 0.15) is 12.5 Å². The molecule has 0 bridgehead atoms. The zero-order chi connectivity index (χ0) is 8.97. The van der Waals surface area contributed by atoms with Gasteiger partial charge < -0.3 is 5.73 Å². The Morgan fingerprint density at radius 1 is 1.33 bits per heavy atom. The maximum absolute atomic E-state index is 12.4. The summed E-state index contributed by atoms with van der Waals surface area (Å²) in [6.45, 7) is 1.89. The molecule has 1 aromatic rings. The van der Waals surface area contributed by atoms with Crippen LogP contribution in [-0.2, 0) is 0 Å². The van der Waals surface area contributed by atoms with Crippen LogP contribution >= 0.6 is 0 Å². The van der Waals surface area contributed by atoms with Gasteiger partial charge in [-0.3, -0.25) is 0 Å². The van der Waals surface area contributed by atoms with Crippen LogP contribution in [0.2, 0.25) is 0 Å².